The summed E-state index contributed by atoms with van der Waals surface area (Å²) in [5.41, 5.74) is 4.26. The Hall–Kier alpha value is -2.17. The molecule has 154 valence electrons. The zero-order valence-electron chi connectivity index (χ0n) is 17.2. The van der Waals surface area contributed by atoms with Crippen LogP contribution in [0.25, 0.3) is 0 Å². The second-order valence-electron chi connectivity index (χ2n) is 8.39. The number of piperidine rings is 1. The molecule has 4 nitrogen and oxygen atoms in total. The van der Waals surface area contributed by atoms with Crippen molar-refractivity contribution >= 4 is 24.1 Å². The predicted molar refractivity (Wildman–Crippen MR) is 118 cm³/mol. The molecule has 2 saturated heterocycles. The Balaban J connectivity index is 0.00000240. The van der Waals surface area contributed by atoms with Gasteiger partial charge in [-0.05, 0) is 68.3 Å². The largest absolute Gasteiger partial charge is 0.339 e. The SMILES string of the molecule is Cc1ccc(C(=O)c2ccccc2C(=O)N2CCC3(CCNC3)CC2)cc1C.Cl. The number of hydrogen-bond donors (Lipinski definition) is 1. The van der Waals surface area contributed by atoms with Gasteiger partial charge in [0.25, 0.3) is 5.91 Å². The topological polar surface area (TPSA) is 49.4 Å². The molecule has 29 heavy (non-hydrogen) atoms. The molecule has 0 atom stereocenters. The Morgan fingerprint density at radius 3 is 2.24 bits per heavy atom. The summed E-state index contributed by atoms with van der Waals surface area (Å²) in [5, 5.41) is 3.46. The van der Waals surface area contributed by atoms with Crippen LogP contribution in [-0.2, 0) is 0 Å². The number of likely N-dealkylation sites (tertiary alicyclic amines) is 1. The lowest BCUT2D eigenvalue weighted by Crippen LogP contribution is -2.44. The number of carbonyl (C=O) groups is 2. The highest BCUT2D eigenvalue weighted by molar-refractivity contribution is 6.15. The molecule has 2 aromatic rings. The monoisotopic (exact) mass is 412 g/mol. The second-order valence-corrected chi connectivity index (χ2v) is 8.39. The lowest BCUT2D eigenvalue weighted by Gasteiger charge is -2.39. The van der Waals surface area contributed by atoms with Crippen molar-refractivity contribution in [2.45, 2.75) is 33.1 Å². The Morgan fingerprint density at radius 2 is 1.62 bits per heavy atom. The molecule has 5 heteroatoms. The molecule has 1 spiro atoms. The predicted octanol–water partition coefficient (Wildman–Crippen LogP) is 4.17. The van der Waals surface area contributed by atoms with Crippen LogP contribution in [-0.4, -0.2) is 42.8 Å². The summed E-state index contributed by atoms with van der Waals surface area (Å²) in [6.45, 7) is 7.73. The molecule has 2 fully saturated rings. The molecule has 0 bridgehead atoms. The summed E-state index contributed by atoms with van der Waals surface area (Å²) < 4.78 is 0. The van der Waals surface area contributed by atoms with Crippen molar-refractivity contribution in [3.05, 3.63) is 70.3 Å². The van der Waals surface area contributed by atoms with Crippen LogP contribution in [0.1, 0.15) is 56.7 Å². The molecule has 2 aromatic carbocycles. The summed E-state index contributed by atoms with van der Waals surface area (Å²) in [7, 11) is 0. The van der Waals surface area contributed by atoms with Gasteiger partial charge in [0.05, 0.1) is 5.56 Å². The van der Waals surface area contributed by atoms with E-state index in [2.05, 4.69) is 5.32 Å². The van der Waals surface area contributed by atoms with Crippen molar-refractivity contribution in [2.24, 2.45) is 5.41 Å². The van der Waals surface area contributed by atoms with E-state index in [0.29, 0.717) is 22.1 Å². The van der Waals surface area contributed by atoms with Gasteiger partial charge in [0, 0.05) is 30.8 Å². The Labute approximate surface area is 179 Å². The number of amides is 1. The van der Waals surface area contributed by atoms with Gasteiger partial charge < -0.3 is 10.2 Å². The minimum Gasteiger partial charge on any atom is -0.339 e. The van der Waals surface area contributed by atoms with Gasteiger partial charge in [-0.2, -0.15) is 0 Å². The van der Waals surface area contributed by atoms with E-state index in [4.69, 9.17) is 0 Å². The first-order valence-electron chi connectivity index (χ1n) is 10.2. The molecule has 1 N–H and O–H groups in total. The smallest absolute Gasteiger partial charge is 0.254 e. The number of rotatable bonds is 3. The van der Waals surface area contributed by atoms with Crippen LogP contribution in [0.3, 0.4) is 0 Å². The molecule has 0 saturated carbocycles. The first-order valence-corrected chi connectivity index (χ1v) is 10.2. The standard InChI is InChI=1S/C24H28N2O2.ClH/c1-17-7-8-19(15-18(17)2)22(27)20-5-3-4-6-21(20)23(28)26-13-10-24(11-14-26)9-12-25-16-24;/h3-8,15,25H,9-14,16H2,1-2H3;1H. The fourth-order valence-corrected chi connectivity index (χ4v) is 4.48. The minimum atomic E-state index is -0.0828. The zero-order valence-corrected chi connectivity index (χ0v) is 18.0. The molecule has 2 aliphatic heterocycles. The average molecular weight is 413 g/mol. The van der Waals surface area contributed by atoms with E-state index >= 15 is 0 Å². The lowest BCUT2D eigenvalue weighted by molar-refractivity contribution is 0.0605. The van der Waals surface area contributed by atoms with Gasteiger partial charge in [0.2, 0.25) is 0 Å². The zero-order chi connectivity index (χ0) is 19.7. The molecule has 0 radical (unpaired) electrons. The van der Waals surface area contributed by atoms with Gasteiger partial charge in [-0.1, -0.05) is 30.3 Å². The van der Waals surface area contributed by atoms with E-state index in [1.807, 2.05) is 49.1 Å². The molecule has 0 aliphatic carbocycles. The third kappa shape index (κ3) is 4.24. The fourth-order valence-electron chi connectivity index (χ4n) is 4.48. The number of ketones is 1. The van der Waals surface area contributed by atoms with Crippen molar-refractivity contribution in [2.75, 3.05) is 26.2 Å². The van der Waals surface area contributed by atoms with E-state index in [1.54, 1.807) is 12.1 Å². The average Bonchev–Trinajstić information content (AvgIpc) is 3.17. The number of carbonyl (C=O) groups excluding carboxylic acids is 2. The number of aryl methyl sites for hydroxylation is 2. The van der Waals surface area contributed by atoms with Crippen LogP contribution in [0.15, 0.2) is 42.5 Å². The Kier molecular flexibility index (Phi) is 6.45. The van der Waals surface area contributed by atoms with Crippen molar-refractivity contribution < 1.29 is 9.59 Å². The highest BCUT2D eigenvalue weighted by Gasteiger charge is 2.38. The van der Waals surface area contributed by atoms with Crippen molar-refractivity contribution in [1.29, 1.82) is 0 Å². The van der Waals surface area contributed by atoms with Gasteiger partial charge in [-0.3, -0.25) is 9.59 Å². The molecular formula is C24H29ClN2O2. The first-order chi connectivity index (χ1) is 13.5. The third-order valence-corrected chi connectivity index (χ3v) is 6.61. The number of nitrogens with zero attached hydrogens (tertiary/aromatic N) is 1. The number of hydrogen-bond acceptors (Lipinski definition) is 3. The maximum atomic E-state index is 13.2. The number of nitrogens with one attached hydrogen (secondary N) is 1. The quantitative estimate of drug-likeness (QED) is 0.769. The number of halogens is 1. The molecule has 2 heterocycles. The highest BCUT2D eigenvalue weighted by atomic mass is 35.5. The van der Waals surface area contributed by atoms with E-state index in [1.165, 1.54) is 6.42 Å². The fraction of sp³-hybridized carbons (Fsp3) is 0.417. The summed E-state index contributed by atoms with van der Waals surface area (Å²) >= 11 is 0. The van der Waals surface area contributed by atoms with Crippen molar-refractivity contribution in [1.82, 2.24) is 10.2 Å². The van der Waals surface area contributed by atoms with E-state index in [0.717, 1.165) is 50.1 Å². The van der Waals surface area contributed by atoms with E-state index in [-0.39, 0.29) is 24.1 Å². The van der Waals surface area contributed by atoms with Crippen LogP contribution < -0.4 is 5.32 Å². The van der Waals surface area contributed by atoms with Crippen LogP contribution in [0.4, 0.5) is 0 Å². The van der Waals surface area contributed by atoms with Crippen LogP contribution >= 0.6 is 12.4 Å². The Bertz CT molecular complexity index is 909. The van der Waals surface area contributed by atoms with Gasteiger partial charge in [-0.25, -0.2) is 0 Å². The molecule has 0 unspecified atom stereocenters. The number of benzene rings is 2. The maximum Gasteiger partial charge on any atom is 0.254 e. The van der Waals surface area contributed by atoms with Crippen molar-refractivity contribution in [3.63, 3.8) is 0 Å². The summed E-state index contributed by atoms with van der Waals surface area (Å²) in [6.07, 6.45) is 3.29. The second kappa shape index (κ2) is 8.68. The summed E-state index contributed by atoms with van der Waals surface area (Å²) in [4.78, 5) is 28.3. The van der Waals surface area contributed by atoms with Gasteiger partial charge >= 0.3 is 0 Å². The van der Waals surface area contributed by atoms with Gasteiger partial charge in [0.15, 0.2) is 5.78 Å². The van der Waals surface area contributed by atoms with Gasteiger partial charge in [-0.15, -0.1) is 12.4 Å². The van der Waals surface area contributed by atoms with Crippen LogP contribution in [0, 0.1) is 19.3 Å². The molecular weight excluding hydrogens is 384 g/mol. The van der Waals surface area contributed by atoms with Crippen molar-refractivity contribution in [3.8, 4) is 0 Å². The highest BCUT2D eigenvalue weighted by Crippen LogP contribution is 2.37. The Morgan fingerprint density at radius 1 is 0.931 bits per heavy atom. The molecule has 4 rings (SSSR count). The minimum absolute atomic E-state index is 0. The van der Waals surface area contributed by atoms with E-state index < -0.39 is 0 Å². The van der Waals surface area contributed by atoms with Crippen LogP contribution in [0.2, 0.25) is 0 Å². The summed E-state index contributed by atoms with van der Waals surface area (Å²) in [6, 6.07) is 13.0. The summed E-state index contributed by atoms with van der Waals surface area (Å²) in [5.74, 6) is -0.103. The van der Waals surface area contributed by atoms with Gasteiger partial charge in [0.1, 0.15) is 0 Å². The van der Waals surface area contributed by atoms with E-state index in [9.17, 15) is 9.59 Å². The molecule has 2 aliphatic rings. The lowest BCUT2D eigenvalue weighted by atomic mass is 9.77. The van der Waals surface area contributed by atoms with Crippen LogP contribution in [0.5, 0.6) is 0 Å². The molecule has 0 aromatic heterocycles. The maximum absolute atomic E-state index is 13.2. The molecule has 1 amide bonds. The third-order valence-electron chi connectivity index (χ3n) is 6.61. The normalized spacial score (nSPS) is 17.8. The first kappa shape index (κ1) is 21.5.